The molecule has 26 heavy (non-hydrogen) atoms. The predicted octanol–water partition coefficient (Wildman–Crippen LogP) is 2.62. The minimum absolute atomic E-state index is 0.0341. The minimum atomic E-state index is -0.465. The van der Waals surface area contributed by atoms with E-state index in [0.717, 1.165) is 19.3 Å². The lowest BCUT2D eigenvalue weighted by Crippen LogP contribution is -2.54. The van der Waals surface area contributed by atoms with Crippen LogP contribution in [-0.2, 0) is 5.54 Å². The summed E-state index contributed by atoms with van der Waals surface area (Å²) in [5.41, 5.74) is 1.34. The fraction of sp³-hybridized carbons (Fsp3) is 0.500. The second kappa shape index (κ2) is 5.36. The van der Waals surface area contributed by atoms with Crippen LogP contribution in [0.4, 0.5) is 0 Å². The predicted molar refractivity (Wildman–Crippen MR) is 92.3 cm³/mol. The van der Waals surface area contributed by atoms with Crippen molar-refractivity contribution in [1.82, 2.24) is 30.0 Å². The molecule has 0 unspecified atom stereocenters. The molecule has 1 aliphatic heterocycles. The summed E-state index contributed by atoms with van der Waals surface area (Å²) in [4.78, 5) is 26.7. The highest BCUT2D eigenvalue weighted by Crippen LogP contribution is 2.57. The van der Waals surface area contributed by atoms with E-state index >= 15 is 0 Å². The number of rotatable bonds is 3. The number of nitrogens with zero attached hydrogens (tertiary/aromatic N) is 5. The highest BCUT2D eigenvalue weighted by molar-refractivity contribution is 6.04. The Bertz CT molecular complexity index is 992. The minimum Gasteiger partial charge on any atom is -0.422 e. The van der Waals surface area contributed by atoms with Crippen LogP contribution in [0.5, 0.6) is 0 Å². The normalized spacial score (nSPS) is 24.9. The topological polar surface area (TPSA) is 101 Å². The number of fused-ring (bicyclic) bond motifs is 2. The first-order valence-electron chi connectivity index (χ1n) is 9.05. The number of amides is 1. The van der Waals surface area contributed by atoms with Gasteiger partial charge in [-0.25, -0.2) is 9.97 Å². The Morgan fingerprint density at radius 3 is 2.96 bits per heavy atom. The van der Waals surface area contributed by atoms with Gasteiger partial charge in [-0.3, -0.25) is 4.79 Å². The molecule has 1 N–H and O–H groups in total. The Balaban J connectivity index is 1.57. The fourth-order valence-electron chi connectivity index (χ4n) is 4.34. The van der Waals surface area contributed by atoms with Crippen molar-refractivity contribution in [1.29, 1.82) is 0 Å². The summed E-state index contributed by atoms with van der Waals surface area (Å²) in [5, 5.41) is 8.53. The van der Waals surface area contributed by atoms with Gasteiger partial charge in [-0.1, -0.05) is 13.8 Å². The average molecular weight is 352 g/mol. The number of aromatic amines is 1. The summed E-state index contributed by atoms with van der Waals surface area (Å²) in [7, 11) is 0. The van der Waals surface area contributed by atoms with Crippen molar-refractivity contribution in [3.8, 4) is 0 Å². The maximum Gasteiger partial charge on any atom is 0.257 e. The van der Waals surface area contributed by atoms with Gasteiger partial charge in [0.1, 0.15) is 5.54 Å². The highest BCUT2D eigenvalue weighted by Gasteiger charge is 2.61. The number of aromatic nitrogens is 5. The van der Waals surface area contributed by atoms with Crippen molar-refractivity contribution < 1.29 is 9.21 Å². The third-order valence-corrected chi connectivity index (χ3v) is 5.84. The van der Waals surface area contributed by atoms with E-state index in [-0.39, 0.29) is 11.8 Å². The molecule has 0 bridgehead atoms. The van der Waals surface area contributed by atoms with E-state index in [0.29, 0.717) is 41.0 Å². The van der Waals surface area contributed by atoms with Crippen LogP contribution in [0.15, 0.2) is 23.0 Å². The average Bonchev–Trinajstić information content (AvgIpc) is 3.32. The smallest absolute Gasteiger partial charge is 0.257 e. The van der Waals surface area contributed by atoms with Gasteiger partial charge < -0.3 is 14.3 Å². The van der Waals surface area contributed by atoms with Crippen molar-refractivity contribution in [3.63, 3.8) is 0 Å². The number of carbonyl (C=O) groups excluding carboxylic acids is 1. The van der Waals surface area contributed by atoms with E-state index in [9.17, 15) is 4.79 Å². The Morgan fingerprint density at radius 2 is 2.23 bits per heavy atom. The fourth-order valence-corrected chi connectivity index (χ4v) is 4.34. The van der Waals surface area contributed by atoms with Crippen molar-refractivity contribution >= 4 is 17.1 Å². The maximum atomic E-state index is 13.4. The third kappa shape index (κ3) is 1.92. The van der Waals surface area contributed by atoms with E-state index < -0.39 is 5.54 Å². The van der Waals surface area contributed by atoms with Gasteiger partial charge in [-0.05, 0) is 31.2 Å². The Hall–Kier alpha value is -2.77. The summed E-state index contributed by atoms with van der Waals surface area (Å²) < 4.78 is 5.99. The van der Waals surface area contributed by atoms with Crippen LogP contribution in [0.1, 0.15) is 61.2 Å². The zero-order valence-corrected chi connectivity index (χ0v) is 14.8. The largest absolute Gasteiger partial charge is 0.422 e. The SMILES string of the molecule is CC(C)c1nnc([C@]23CC[C@H]2CCN3C(=O)c2ccnc3nc[nH]c23)o1. The summed E-state index contributed by atoms with van der Waals surface area (Å²) in [6.07, 6.45) is 6.09. The molecule has 3 aromatic heterocycles. The quantitative estimate of drug-likeness (QED) is 0.777. The molecule has 0 radical (unpaired) electrons. The molecule has 1 saturated carbocycles. The van der Waals surface area contributed by atoms with Crippen molar-refractivity contribution in [2.75, 3.05) is 6.54 Å². The summed E-state index contributed by atoms with van der Waals surface area (Å²) >= 11 is 0. The lowest BCUT2D eigenvalue weighted by Gasteiger charge is -2.47. The highest BCUT2D eigenvalue weighted by atomic mass is 16.4. The lowest BCUT2D eigenvalue weighted by atomic mass is 9.67. The third-order valence-electron chi connectivity index (χ3n) is 5.84. The van der Waals surface area contributed by atoms with Gasteiger partial charge in [0.2, 0.25) is 11.8 Å². The molecule has 1 saturated heterocycles. The van der Waals surface area contributed by atoms with Gasteiger partial charge in [0.05, 0.1) is 17.4 Å². The molecule has 134 valence electrons. The summed E-state index contributed by atoms with van der Waals surface area (Å²) in [6.45, 7) is 4.74. The summed E-state index contributed by atoms with van der Waals surface area (Å²) in [5.74, 6) is 1.72. The van der Waals surface area contributed by atoms with Gasteiger partial charge >= 0.3 is 0 Å². The molecule has 1 amide bonds. The number of likely N-dealkylation sites (tertiary alicyclic amines) is 1. The second-order valence-electron chi connectivity index (χ2n) is 7.47. The van der Waals surface area contributed by atoms with Crippen LogP contribution in [0.25, 0.3) is 11.2 Å². The first-order chi connectivity index (χ1) is 12.6. The molecule has 8 heteroatoms. The molecule has 0 aromatic carbocycles. The molecule has 8 nitrogen and oxygen atoms in total. The van der Waals surface area contributed by atoms with E-state index in [4.69, 9.17) is 4.42 Å². The second-order valence-corrected chi connectivity index (χ2v) is 7.47. The number of nitrogens with one attached hydrogen (secondary N) is 1. The zero-order chi connectivity index (χ0) is 17.9. The van der Waals surface area contributed by atoms with Gasteiger partial charge in [0.15, 0.2) is 5.65 Å². The van der Waals surface area contributed by atoms with Crippen molar-refractivity contribution in [2.45, 2.75) is 44.6 Å². The molecule has 0 spiro atoms. The number of pyridine rings is 1. The van der Waals surface area contributed by atoms with Gasteiger partial charge in [0, 0.05) is 18.7 Å². The molecule has 1 aliphatic carbocycles. The standard InChI is InChI=1S/C18H20N6O2/c1-10(2)15-22-23-17(26-15)18-6-3-11(18)5-8-24(18)16(25)12-4-7-19-14-13(12)20-9-21-14/h4,7,9-11H,3,5-6,8H2,1-2H3,(H,19,20,21)/t11-,18-/m0/s1. The van der Waals surface area contributed by atoms with Gasteiger partial charge in [-0.2, -0.15) is 0 Å². The van der Waals surface area contributed by atoms with Crippen molar-refractivity contribution in [3.05, 3.63) is 35.9 Å². The van der Waals surface area contributed by atoms with Crippen LogP contribution in [0.2, 0.25) is 0 Å². The van der Waals surface area contributed by atoms with Gasteiger partial charge in [-0.15, -0.1) is 10.2 Å². The van der Waals surface area contributed by atoms with E-state index in [2.05, 4.69) is 25.1 Å². The molecule has 3 aromatic rings. The number of hydrogen-bond acceptors (Lipinski definition) is 6. The Kier molecular flexibility index (Phi) is 3.19. The number of H-pyrrole nitrogens is 1. The first-order valence-corrected chi connectivity index (χ1v) is 9.05. The number of carbonyl (C=O) groups is 1. The number of hydrogen-bond donors (Lipinski definition) is 1. The van der Waals surface area contributed by atoms with Crippen LogP contribution < -0.4 is 0 Å². The molecule has 5 rings (SSSR count). The van der Waals surface area contributed by atoms with Crippen LogP contribution in [-0.4, -0.2) is 42.5 Å². The monoisotopic (exact) mass is 352 g/mol. The van der Waals surface area contributed by atoms with E-state index in [1.807, 2.05) is 18.7 Å². The van der Waals surface area contributed by atoms with E-state index in [1.165, 1.54) is 0 Å². The molecule has 4 heterocycles. The zero-order valence-electron chi connectivity index (χ0n) is 14.8. The van der Waals surface area contributed by atoms with Crippen molar-refractivity contribution in [2.24, 2.45) is 5.92 Å². The van der Waals surface area contributed by atoms with Gasteiger partial charge in [0.25, 0.3) is 5.91 Å². The molecule has 2 fully saturated rings. The van der Waals surface area contributed by atoms with Crippen LogP contribution in [0, 0.1) is 5.92 Å². The Labute approximate surface area is 150 Å². The first kappa shape index (κ1) is 15.5. The molecule has 2 atom stereocenters. The molecular weight excluding hydrogens is 332 g/mol. The van der Waals surface area contributed by atoms with Crippen LogP contribution >= 0.6 is 0 Å². The van der Waals surface area contributed by atoms with Crippen LogP contribution in [0.3, 0.4) is 0 Å². The number of imidazole rings is 1. The maximum absolute atomic E-state index is 13.4. The molecular formula is C18H20N6O2. The molecule has 2 aliphatic rings. The summed E-state index contributed by atoms with van der Waals surface area (Å²) in [6, 6.07) is 1.75. The Morgan fingerprint density at radius 1 is 1.35 bits per heavy atom. The lowest BCUT2D eigenvalue weighted by molar-refractivity contribution is -0.00361. The van der Waals surface area contributed by atoms with E-state index in [1.54, 1.807) is 18.6 Å².